The van der Waals surface area contributed by atoms with Crippen LogP contribution in [0.3, 0.4) is 0 Å². The van der Waals surface area contributed by atoms with E-state index < -0.39 is 17.1 Å². The van der Waals surface area contributed by atoms with Crippen LogP contribution < -0.4 is 10.6 Å². The van der Waals surface area contributed by atoms with Crippen LogP contribution in [0.5, 0.6) is 0 Å². The van der Waals surface area contributed by atoms with Crippen LogP contribution in [0.4, 0.5) is 18.3 Å². The standard InChI is InChI=1S/C15H14ClF3N4O2S/c16-10-3-1-9(2-4-10)7-8-20-11(24)5-6-12(25)21-14-23-22-13(26-14)15(17,18)19/h1-4H,5-8H2,(H,20,24)(H,21,23,25). The number of nitrogens with zero attached hydrogens (tertiary/aromatic N) is 2. The molecule has 2 rings (SSSR count). The van der Waals surface area contributed by atoms with Gasteiger partial charge >= 0.3 is 6.18 Å². The van der Waals surface area contributed by atoms with Gasteiger partial charge in [0.25, 0.3) is 0 Å². The van der Waals surface area contributed by atoms with Gasteiger partial charge in [-0.05, 0) is 24.1 Å². The quantitative estimate of drug-likeness (QED) is 0.739. The average Bonchev–Trinajstić information content (AvgIpc) is 3.03. The van der Waals surface area contributed by atoms with Crippen molar-refractivity contribution in [2.75, 3.05) is 11.9 Å². The van der Waals surface area contributed by atoms with Crippen molar-refractivity contribution in [1.82, 2.24) is 15.5 Å². The molecule has 0 aliphatic heterocycles. The molecule has 26 heavy (non-hydrogen) atoms. The molecule has 0 spiro atoms. The molecule has 0 radical (unpaired) electrons. The fourth-order valence-corrected chi connectivity index (χ4v) is 2.64. The van der Waals surface area contributed by atoms with Crippen LogP contribution in [-0.2, 0) is 22.2 Å². The minimum atomic E-state index is -4.61. The fraction of sp³-hybridized carbons (Fsp3) is 0.333. The molecular formula is C15H14ClF3N4O2S. The minimum absolute atomic E-state index is 0.0859. The van der Waals surface area contributed by atoms with E-state index in [1.807, 2.05) is 12.1 Å². The molecule has 6 nitrogen and oxygen atoms in total. The van der Waals surface area contributed by atoms with Gasteiger partial charge in [0.15, 0.2) is 0 Å². The predicted molar refractivity (Wildman–Crippen MR) is 90.9 cm³/mol. The second-order valence-electron chi connectivity index (χ2n) is 5.18. The second kappa shape index (κ2) is 8.95. The van der Waals surface area contributed by atoms with Gasteiger partial charge in [-0.15, -0.1) is 10.2 Å². The molecule has 0 aliphatic rings. The largest absolute Gasteiger partial charge is 0.445 e. The number of halogens is 4. The van der Waals surface area contributed by atoms with Gasteiger partial charge < -0.3 is 10.6 Å². The van der Waals surface area contributed by atoms with Crippen molar-refractivity contribution < 1.29 is 22.8 Å². The molecule has 1 aromatic carbocycles. The number of benzene rings is 1. The zero-order valence-electron chi connectivity index (χ0n) is 13.3. The van der Waals surface area contributed by atoms with E-state index in [1.165, 1.54) is 0 Å². The molecule has 2 N–H and O–H groups in total. The maximum Gasteiger partial charge on any atom is 0.445 e. The van der Waals surface area contributed by atoms with Gasteiger partial charge in [0, 0.05) is 24.4 Å². The van der Waals surface area contributed by atoms with Crippen molar-refractivity contribution in [2.45, 2.75) is 25.4 Å². The molecule has 1 aromatic heterocycles. The van der Waals surface area contributed by atoms with Gasteiger partial charge in [0.05, 0.1) is 0 Å². The average molecular weight is 407 g/mol. The Bertz CT molecular complexity index is 765. The van der Waals surface area contributed by atoms with E-state index in [0.717, 1.165) is 5.56 Å². The van der Waals surface area contributed by atoms with Crippen LogP contribution >= 0.6 is 22.9 Å². The van der Waals surface area contributed by atoms with Crippen molar-refractivity contribution in [2.24, 2.45) is 0 Å². The Labute approximate surface area is 155 Å². The number of hydrogen-bond donors (Lipinski definition) is 2. The van der Waals surface area contributed by atoms with Crippen LogP contribution in [0.15, 0.2) is 24.3 Å². The number of carbonyl (C=O) groups is 2. The third kappa shape index (κ3) is 6.60. The van der Waals surface area contributed by atoms with Gasteiger partial charge in [0.2, 0.25) is 22.0 Å². The zero-order chi connectivity index (χ0) is 19.2. The molecule has 2 aromatic rings. The Hall–Kier alpha value is -2.20. The molecule has 0 saturated carbocycles. The Morgan fingerprint density at radius 3 is 2.35 bits per heavy atom. The van der Waals surface area contributed by atoms with E-state index in [-0.39, 0.29) is 35.2 Å². The number of anilines is 1. The lowest BCUT2D eigenvalue weighted by atomic mass is 10.1. The number of hydrogen-bond acceptors (Lipinski definition) is 5. The van der Waals surface area contributed by atoms with Crippen molar-refractivity contribution in [3.63, 3.8) is 0 Å². The predicted octanol–water partition coefficient (Wildman–Crippen LogP) is 3.29. The first-order chi connectivity index (χ1) is 12.2. The third-order valence-electron chi connectivity index (χ3n) is 3.14. The summed E-state index contributed by atoms with van der Waals surface area (Å²) in [5.74, 6) is -0.940. The van der Waals surface area contributed by atoms with E-state index in [2.05, 4.69) is 20.8 Å². The van der Waals surface area contributed by atoms with Gasteiger partial charge in [-0.2, -0.15) is 13.2 Å². The highest BCUT2D eigenvalue weighted by molar-refractivity contribution is 7.15. The lowest BCUT2D eigenvalue weighted by Gasteiger charge is -2.05. The normalized spacial score (nSPS) is 11.2. The van der Waals surface area contributed by atoms with Gasteiger partial charge in [-0.1, -0.05) is 35.1 Å². The van der Waals surface area contributed by atoms with Gasteiger partial charge in [-0.25, -0.2) is 0 Å². The Kier molecular flexibility index (Phi) is 6.92. The molecule has 0 saturated heterocycles. The van der Waals surface area contributed by atoms with Crippen molar-refractivity contribution in [3.8, 4) is 0 Å². The van der Waals surface area contributed by atoms with Crippen LogP contribution in [0.1, 0.15) is 23.4 Å². The number of nitrogens with one attached hydrogen (secondary N) is 2. The lowest BCUT2D eigenvalue weighted by molar-refractivity contribution is -0.138. The van der Waals surface area contributed by atoms with E-state index in [0.29, 0.717) is 18.0 Å². The molecule has 2 amide bonds. The van der Waals surface area contributed by atoms with Crippen LogP contribution in [0, 0.1) is 0 Å². The number of carbonyl (C=O) groups excluding carboxylic acids is 2. The summed E-state index contributed by atoms with van der Waals surface area (Å²) in [5.41, 5.74) is 1.00. The first-order valence-corrected chi connectivity index (χ1v) is 8.65. The SMILES string of the molecule is O=C(CCC(=O)Nc1nnc(C(F)(F)F)s1)NCCc1ccc(Cl)cc1. The van der Waals surface area contributed by atoms with Crippen LogP contribution in [0.2, 0.25) is 5.02 Å². The highest BCUT2D eigenvalue weighted by Gasteiger charge is 2.35. The molecule has 11 heteroatoms. The van der Waals surface area contributed by atoms with Crippen molar-refractivity contribution >= 4 is 39.9 Å². The van der Waals surface area contributed by atoms with E-state index in [9.17, 15) is 22.8 Å². The molecular weight excluding hydrogens is 393 g/mol. The fourth-order valence-electron chi connectivity index (χ4n) is 1.88. The summed E-state index contributed by atoms with van der Waals surface area (Å²) in [7, 11) is 0. The lowest BCUT2D eigenvalue weighted by Crippen LogP contribution is -2.26. The van der Waals surface area contributed by atoms with Gasteiger partial charge in [0.1, 0.15) is 0 Å². The molecule has 0 atom stereocenters. The van der Waals surface area contributed by atoms with Crippen LogP contribution in [0.25, 0.3) is 0 Å². The molecule has 0 unspecified atom stereocenters. The summed E-state index contributed by atoms with van der Waals surface area (Å²) in [6.45, 7) is 0.396. The summed E-state index contributed by atoms with van der Waals surface area (Å²) < 4.78 is 37.2. The van der Waals surface area contributed by atoms with E-state index in [1.54, 1.807) is 12.1 Å². The molecule has 0 bridgehead atoms. The van der Waals surface area contributed by atoms with Crippen LogP contribution in [-0.4, -0.2) is 28.6 Å². The van der Waals surface area contributed by atoms with Crippen molar-refractivity contribution in [1.29, 1.82) is 0 Å². The summed E-state index contributed by atoms with van der Waals surface area (Å²) >= 11 is 6.00. The minimum Gasteiger partial charge on any atom is -0.356 e. The maximum absolute atomic E-state index is 12.4. The first kappa shape index (κ1) is 20.1. The maximum atomic E-state index is 12.4. The van der Waals surface area contributed by atoms with E-state index in [4.69, 9.17) is 11.6 Å². The smallest absolute Gasteiger partial charge is 0.356 e. The summed E-state index contributed by atoms with van der Waals surface area (Å²) in [6.07, 6.45) is -4.25. The summed E-state index contributed by atoms with van der Waals surface area (Å²) in [6, 6.07) is 7.19. The Balaban J connectivity index is 1.67. The highest BCUT2D eigenvalue weighted by atomic mass is 35.5. The van der Waals surface area contributed by atoms with Gasteiger partial charge in [-0.3, -0.25) is 9.59 Å². The number of rotatable bonds is 7. The van der Waals surface area contributed by atoms with E-state index >= 15 is 0 Å². The number of aromatic nitrogens is 2. The third-order valence-corrected chi connectivity index (χ3v) is 4.28. The molecule has 1 heterocycles. The van der Waals surface area contributed by atoms with Crippen molar-refractivity contribution in [3.05, 3.63) is 39.9 Å². The Morgan fingerprint density at radius 1 is 1.08 bits per heavy atom. The summed E-state index contributed by atoms with van der Waals surface area (Å²) in [5, 5.41) is 10.3. The summed E-state index contributed by atoms with van der Waals surface area (Å²) in [4.78, 5) is 23.4. The molecule has 0 aliphatic carbocycles. The first-order valence-electron chi connectivity index (χ1n) is 7.46. The Morgan fingerprint density at radius 2 is 1.73 bits per heavy atom. The molecule has 0 fully saturated rings. The number of amides is 2. The molecule has 140 valence electrons. The topological polar surface area (TPSA) is 84.0 Å². The highest BCUT2D eigenvalue weighted by Crippen LogP contribution is 2.32. The monoisotopic (exact) mass is 406 g/mol. The second-order valence-corrected chi connectivity index (χ2v) is 6.60. The zero-order valence-corrected chi connectivity index (χ0v) is 14.8. The number of alkyl halides is 3.